The number of nitrogens with zero attached hydrogens (tertiary/aromatic N) is 1. The number of benzene rings is 1. The molecule has 0 spiro atoms. The summed E-state index contributed by atoms with van der Waals surface area (Å²) in [7, 11) is 0. The van der Waals surface area contributed by atoms with E-state index in [1.54, 1.807) is 0 Å². The van der Waals surface area contributed by atoms with Gasteiger partial charge in [-0.1, -0.05) is 48.0 Å². The Kier molecular flexibility index (Phi) is 5.04. The van der Waals surface area contributed by atoms with Gasteiger partial charge in [0.15, 0.2) is 0 Å². The number of nitrogens with two attached hydrogens (primary N) is 1. The lowest BCUT2D eigenvalue weighted by Gasteiger charge is -2.38. The summed E-state index contributed by atoms with van der Waals surface area (Å²) in [5.41, 5.74) is 7.64. The third kappa shape index (κ3) is 3.21. The molecule has 0 radical (unpaired) electrons. The molecule has 19 heavy (non-hydrogen) atoms. The summed E-state index contributed by atoms with van der Waals surface area (Å²) in [6.07, 6.45) is 2.59. The van der Waals surface area contributed by atoms with E-state index >= 15 is 0 Å². The van der Waals surface area contributed by atoms with Crippen LogP contribution in [0.3, 0.4) is 0 Å². The van der Waals surface area contributed by atoms with Gasteiger partial charge in [-0.05, 0) is 43.9 Å². The smallest absolute Gasteiger partial charge is 0.0510 e. The molecule has 1 fully saturated rings. The zero-order valence-corrected chi connectivity index (χ0v) is 13.7. The first-order chi connectivity index (χ1) is 9.02. The van der Waals surface area contributed by atoms with Crippen LogP contribution in [0.4, 0.5) is 0 Å². The average molecular weight is 325 g/mol. The third-order valence-electron chi connectivity index (χ3n) is 4.19. The van der Waals surface area contributed by atoms with Crippen LogP contribution in [0.1, 0.15) is 45.2 Å². The van der Waals surface area contributed by atoms with Crippen LogP contribution in [-0.4, -0.2) is 23.5 Å². The van der Waals surface area contributed by atoms with E-state index < -0.39 is 0 Å². The summed E-state index contributed by atoms with van der Waals surface area (Å²) >= 11 is 3.69. The molecule has 1 aromatic carbocycles. The molecule has 1 aliphatic rings. The molecule has 1 saturated heterocycles. The molecule has 2 N–H and O–H groups in total. The summed E-state index contributed by atoms with van der Waals surface area (Å²) in [6.45, 7) is 7.93. The van der Waals surface area contributed by atoms with Crippen LogP contribution in [0.2, 0.25) is 0 Å². The molecule has 3 heteroatoms. The molecule has 0 aliphatic carbocycles. The molecule has 1 aromatic rings. The lowest BCUT2D eigenvalue weighted by Crippen LogP contribution is -2.44. The van der Waals surface area contributed by atoms with Crippen molar-refractivity contribution in [3.63, 3.8) is 0 Å². The van der Waals surface area contributed by atoms with E-state index in [0.717, 1.165) is 6.54 Å². The fourth-order valence-electron chi connectivity index (χ4n) is 3.36. The molecule has 1 heterocycles. The van der Waals surface area contributed by atoms with Gasteiger partial charge in [0.1, 0.15) is 0 Å². The highest BCUT2D eigenvalue weighted by molar-refractivity contribution is 9.10. The minimum atomic E-state index is 0.137. The second kappa shape index (κ2) is 6.38. The van der Waals surface area contributed by atoms with E-state index in [0.29, 0.717) is 18.0 Å². The number of halogens is 1. The Morgan fingerprint density at radius 1 is 1.26 bits per heavy atom. The molecule has 0 bridgehead atoms. The zero-order valence-electron chi connectivity index (χ0n) is 12.1. The Morgan fingerprint density at radius 2 is 1.95 bits per heavy atom. The van der Waals surface area contributed by atoms with Crippen LogP contribution in [0.15, 0.2) is 28.7 Å². The van der Waals surface area contributed by atoms with Crippen LogP contribution in [0, 0.1) is 5.92 Å². The highest BCUT2D eigenvalue weighted by Crippen LogP contribution is 2.36. The standard InChI is InChI=1S/C16H25BrN2/c1-11(2)15-9-6-10-19(15)16(12(3)18)13-7-4-5-8-14(13)17/h4-5,7-8,11-12,15-16H,6,9-10,18H2,1-3H3. The quantitative estimate of drug-likeness (QED) is 0.908. The Hall–Kier alpha value is -0.380. The number of rotatable bonds is 4. The first kappa shape index (κ1) is 15.0. The predicted octanol–water partition coefficient (Wildman–Crippen LogP) is 3.96. The monoisotopic (exact) mass is 324 g/mol. The molecular formula is C16H25BrN2. The summed E-state index contributed by atoms with van der Waals surface area (Å²) < 4.78 is 1.17. The molecular weight excluding hydrogens is 300 g/mol. The molecule has 3 unspecified atom stereocenters. The molecule has 0 amide bonds. The van der Waals surface area contributed by atoms with Gasteiger partial charge in [-0.25, -0.2) is 0 Å². The van der Waals surface area contributed by atoms with Gasteiger partial charge < -0.3 is 5.73 Å². The average Bonchev–Trinajstić information content (AvgIpc) is 2.80. The van der Waals surface area contributed by atoms with Gasteiger partial charge in [0.05, 0.1) is 6.04 Å². The van der Waals surface area contributed by atoms with Gasteiger partial charge in [-0.3, -0.25) is 4.90 Å². The van der Waals surface area contributed by atoms with Crippen molar-refractivity contribution in [3.8, 4) is 0 Å². The summed E-state index contributed by atoms with van der Waals surface area (Å²) in [5.74, 6) is 0.686. The molecule has 1 aliphatic heterocycles. The highest BCUT2D eigenvalue weighted by atomic mass is 79.9. The highest BCUT2D eigenvalue weighted by Gasteiger charge is 2.35. The van der Waals surface area contributed by atoms with Crippen molar-refractivity contribution < 1.29 is 0 Å². The molecule has 106 valence electrons. The summed E-state index contributed by atoms with van der Waals surface area (Å²) in [5, 5.41) is 0. The van der Waals surface area contributed by atoms with Crippen molar-refractivity contribution in [2.24, 2.45) is 11.7 Å². The molecule has 2 rings (SSSR count). The van der Waals surface area contributed by atoms with Crippen LogP contribution in [0.25, 0.3) is 0 Å². The Morgan fingerprint density at radius 3 is 2.53 bits per heavy atom. The lowest BCUT2D eigenvalue weighted by molar-refractivity contribution is 0.130. The van der Waals surface area contributed by atoms with E-state index in [4.69, 9.17) is 5.73 Å². The van der Waals surface area contributed by atoms with Crippen LogP contribution in [0.5, 0.6) is 0 Å². The first-order valence-electron chi connectivity index (χ1n) is 7.28. The second-order valence-corrected chi connectivity index (χ2v) is 6.87. The minimum absolute atomic E-state index is 0.137. The maximum absolute atomic E-state index is 6.32. The van der Waals surface area contributed by atoms with Crippen LogP contribution < -0.4 is 5.73 Å². The molecule has 0 saturated carbocycles. The molecule has 2 nitrogen and oxygen atoms in total. The van der Waals surface area contributed by atoms with Crippen molar-refractivity contribution >= 4 is 15.9 Å². The van der Waals surface area contributed by atoms with Crippen LogP contribution >= 0.6 is 15.9 Å². The largest absolute Gasteiger partial charge is 0.326 e. The third-order valence-corrected chi connectivity index (χ3v) is 4.91. The van der Waals surface area contributed by atoms with E-state index in [2.05, 4.69) is 65.9 Å². The van der Waals surface area contributed by atoms with Gasteiger partial charge >= 0.3 is 0 Å². The van der Waals surface area contributed by atoms with Crippen molar-refractivity contribution in [2.45, 2.75) is 51.7 Å². The SMILES string of the molecule is CC(C)C1CCCN1C(c1ccccc1Br)C(C)N. The van der Waals surface area contributed by atoms with Crippen molar-refractivity contribution in [3.05, 3.63) is 34.3 Å². The lowest BCUT2D eigenvalue weighted by atomic mass is 9.95. The van der Waals surface area contributed by atoms with Crippen molar-refractivity contribution in [1.82, 2.24) is 4.90 Å². The minimum Gasteiger partial charge on any atom is -0.326 e. The van der Waals surface area contributed by atoms with Gasteiger partial charge in [-0.2, -0.15) is 0 Å². The summed E-state index contributed by atoms with van der Waals surface area (Å²) in [6, 6.07) is 9.59. The normalized spacial score (nSPS) is 23.8. The predicted molar refractivity (Wildman–Crippen MR) is 85.1 cm³/mol. The topological polar surface area (TPSA) is 29.3 Å². The first-order valence-corrected chi connectivity index (χ1v) is 8.07. The Labute approximate surface area is 125 Å². The summed E-state index contributed by atoms with van der Waals surface area (Å²) in [4.78, 5) is 2.62. The number of likely N-dealkylation sites (tertiary alicyclic amines) is 1. The van der Waals surface area contributed by atoms with Crippen molar-refractivity contribution in [2.75, 3.05) is 6.54 Å². The van der Waals surface area contributed by atoms with E-state index in [1.807, 2.05) is 0 Å². The van der Waals surface area contributed by atoms with Gasteiger partial charge in [-0.15, -0.1) is 0 Å². The maximum Gasteiger partial charge on any atom is 0.0510 e. The van der Waals surface area contributed by atoms with E-state index in [9.17, 15) is 0 Å². The van der Waals surface area contributed by atoms with Gasteiger partial charge in [0, 0.05) is 16.6 Å². The number of hydrogen-bond acceptors (Lipinski definition) is 2. The number of hydrogen-bond donors (Lipinski definition) is 1. The molecule has 3 atom stereocenters. The van der Waals surface area contributed by atoms with E-state index in [-0.39, 0.29) is 6.04 Å². The molecule has 0 aromatic heterocycles. The second-order valence-electron chi connectivity index (χ2n) is 6.02. The Balaban J connectivity index is 2.33. The fourth-order valence-corrected chi connectivity index (χ4v) is 3.87. The Bertz CT molecular complexity index is 417. The maximum atomic E-state index is 6.32. The fraction of sp³-hybridized carbons (Fsp3) is 0.625. The van der Waals surface area contributed by atoms with Gasteiger partial charge in [0.25, 0.3) is 0 Å². The van der Waals surface area contributed by atoms with Crippen molar-refractivity contribution in [1.29, 1.82) is 0 Å². The van der Waals surface area contributed by atoms with Gasteiger partial charge in [0.2, 0.25) is 0 Å². The van der Waals surface area contributed by atoms with E-state index in [1.165, 1.54) is 22.9 Å². The zero-order chi connectivity index (χ0) is 14.0. The van der Waals surface area contributed by atoms with Crippen LogP contribution in [-0.2, 0) is 0 Å².